The summed E-state index contributed by atoms with van der Waals surface area (Å²) >= 11 is 3.12. The molecule has 1 aromatic carbocycles. The summed E-state index contributed by atoms with van der Waals surface area (Å²) in [5.41, 5.74) is 0.0276. The highest BCUT2D eigenvalue weighted by Crippen LogP contribution is 2.29. The van der Waals surface area contributed by atoms with Crippen molar-refractivity contribution in [3.8, 4) is 5.75 Å². The van der Waals surface area contributed by atoms with Crippen LogP contribution in [0.2, 0.25) is 0 Å². The molecule has 1 aromatic rings. The van der Waals surface area contributed by atoms with Crippen LogP contribution in [0.1, 0.15) is 0 Å². The Kier molecular flexibility index (Phi) is 2.88. The third kappa shape index (κ3) is 2.27. The van der Waals surface area contributed by atoms with E-state index < -0.39 is 4.92 Å². The predicted octanol–water partition coefficient (Wildman–Crippen LogP) is 1.71. The lowest BCUT2D eigenvalue weighted by molar-refractivity contribution is -0.385. The Labute approximate surface area is 94.7 Å². The fourth-order valence-electron chi connectivity index (χ4n) is 1.24. The molecule has 0 amide bonds. The molecule has 0 spiro atoms. The largest absolute Gasteiger partial charge is 0.488 e. The Balaban J connectivity index is 2.17. The first kappa shape index (κ1) is 10.4. The molecule has 15 heavy (non-hydrogen) atoms. The van der Waals surface area contributed by atoms with Crippen LogP contribution in [0.15, 0.2) is 22.7 Å². The highest BCUT2D eigenvalue weighted by atomic mass is 79.9. The van der Waals surface area contributed by atoms with Gasteiger partial charge in [0.1, 0.15) is 11.9 Å². The zero-order valence-corrected chi connectivity index (χ0v) is 9.36. The predicted molar refractivity (Wildman–Crippen MR) is 58.1 cm³/mol. The molecule has 0 unspecified atom stereocenters. The molecule has 0 radical (unpaired) electrons. The van der Waals surface area contributed by atoms with E-state index in [1.54, 1.807) is 12.1 Å². The van der Waals surface area contributed by atoms with Gasteiger partial charge in [0.15, 0.2) is 0 Å². The number of nitrogens with one attached hydrogen (secondary N) is 1. The number of hydrogen-bond acceptors (Lipinski definition) is 4. The second-order valence-corrected chi connectivity index (χ2v) is 4.12. The molecule has 0 aromatic heterocycles. The van der Waals surface area contributed by atoms with Crippen LogP contribution in [-0.4, -0.2) is 24.1 Å². The van der Waals surface area contributed by atoms with Crippen LogP contribution in [0.25, 0.3) is 0 Å². The van der Waals surface area contributed by atoms with Crippen molar-refractivity contribution in [1.29, 1.82) is 0 Å². The lowest BCUT2D eigenvalue weighted by Gasteiger charge is -2.27. The van der Waals surface area contributed by atoms with Gasteiger partial charge in [0.25, 0.3) is 5.69 Å². The second-order valence-electron chi connectivity index (χ2n) is 3.27. The van der Waals surface area contributed by atoms with Gasteiger partial charge in [-0.3, -0.25) is 10.1 Å². The van der Waals surface area contributed by atoms with E-state index in [9.17, 15) is 10.1 Å². The van der Waals surface area contributed by atoms with E-state index >= 15 is 0 Å². The zero-order chi connectivity index (χ0) is 10.8. The summed E-state index contributed by atoms with van der Waals surface area (Å²) in [6.07, 6.45) is 0.130. The van der Waals surface area contributed by atoms with Gasteiger partial charge in [0.2, 0.25) is 0 Å². The van der Waals surface area contributed by atoms with Crippen LogP contribution in [0.4, 0.5) is 5.69 Å². The van der Waals surface area contributed by atoms with Crippen LogP contribution in [-0.2, 0) is 0 Å². The maximum Gasteiger partial charge on any atom is 0.287 e. The first-order valence-corrected chi connectivity index (χ1v) is 5.27. The Bertz CT molecular complexity index is 393. The van der Waals surface area contributed by atoms with Crippen molar-refractivity contribution in [2.75, 3.05) is 13.1 Å². The number of nitro benzene ring substituents is 1. The van der Waals surface area contributed by atoms with Crippen molar-refractivity contribution in [2.45, 2.75) is 6.10 Å². The van der Waals surface area contributed by atoms with Crippen molar-refractivity contribution >= 4 is 21.6 Å². The molecular weight excluding hydrogens is 264 g/mol. The van der Waals surface area contributed by atoms with E-state index in [1.165, 1.54) is 6.07 Å². The van der Waals surface area contributed by atoms with Crippen molar-refractivity contribution in [3.05, 3.63) is 32.8 Å². The van der Waals surface area contributed by atoms with Gasteiger partial charge in [-0.25, -0.2) is 0 Å². The first-order chi connectivity index (χ1) is 7.16. The van der Waals surface area contributed by atoms with Crippen molar-refractivity contribution < 1.29 is 9.66 Å². The van der Waals surface area contributed by atoms with Gasteiger partial charge in [-0.15, -0.1) is 0 Å². The summed E-state index contributed by atoms with van der Waals surface area (Å²) in [6.45, 7) is 1.59. The number of ether oxygens (including phenoxy) is 1. The molecule has 0 bridgehead atoms. The molecule has 0 atom stereocenters. The van der Waals surface area contributed by atoms with Crippen molar-refractivity contribution in [2.24, 2.45) is 0 Å². The molecular formula is C9H9BrN2O3. The minimum atomic E-state index is -0.435. The molecule has 0 saturated carbocycles. The third-order valence-electron chi connectivity index (χ3n) is 2.16. The van der Waals surface area contributed by atoms with Crippen molar-refractivity contribution in [3.63, 3.8) is 0 Å². The van der Waals surface area contributed by atoms with Gasteiger partial charge in [-0.05, 0) is 28.1 Å². The summed E-state index contributed by atoms with van der Waals surface area (Å²) < 4.78 is 5.97. The molecule has 1 fully saturated rings. The normalized spacial score (nSPS) is 15.8. The van der Waals surface area contributed by atoms with Gasteiger partial charge >= 0.3 is 0 Å². The van der Waals surface area contributed by atoms with Crippen LogP contribution >= 0.6 is 15.9 Å². The average molecular weight is 273 g/mol. The second kappa shape index (κ2) is 4.16. The molecule has 1 aliphatic heterocycles. The fourth-order valence-corrected chi connectivity index (χ4v) is 1.64. The topological polar surface area (TPSA) is 64.4 Å². The Hall–Kier alpha value is -1.14. The monoisotopic (exact) mass is 272 g/mol. The number of halogens is 1. The van der Waals surface area contributed by atoms with E-state index in [0.717, 1.165) is 13.1 Å². The minimum Gasteiger partial charge on any atom is -0.488 e. The molecule has 5 nitrogen and oxygen atoms in total. The molecule has 1 heterocycles. The Morgan fingerprint density at radius 1 is 1.53 bits per heavy atom. The van der Waals surface area contributed by atoms with Crippen LogP contribution in [0.5, 0.6) is 5.75 Å². The Morgan fingerprint density at radius 2 is 2.27 bits per heavy atom. The van der Waals surface area contributed by atoms with Gasteiger partial charge < -0.3 is 10.1 Å². The zero-order valence-electron chi connectivity index (χ0n) is 7.77. The molecule has 6 heteroatoms. The standard InChI is InChI=1S/C9H9BrN2O3/c10-8-2-1-6(3-9(8)12(13)14)15-7-4-11-5-7/h1-3,7,11H,4-5H2. The number of nitro groups is 1. The van der Waals surface area contributed by atoms with E-state index in [4.69, 9.17) is 4.74 Å². The quantitative estimate of drug-likeness (QED) is 0.672. The van der Waals surface area contributed by atoms with Crippen molar-refractivity contribution in [1.82, 2.24) is 5.32 Å². The van der Waals surface area contributed by atoms with Crippen LogP contribution in [0, 0.1) is 10.1 Å². The Morgan fingerprint density at radius 3 is 2.80 bits per heavy atom. The van der Waals surface area contributed by atoms with Gasteiger partial charge in [0, 0.05) is 13.1 Å². The molecule has 2 rings (SSSR count). The fraction of sp³-hybridized carbons (Fsp3) is 0.333. The van der Waals surface area contributed by atoms with E-state index in [1.807, 2.05) is 0 Å². The molecule has 1 saturated heterocycles. The lowest BCUT2D eigenvalue weighted by Crippen LogP contribution is -2.50. The van der Waals surface area contributed by atoms with Gasteiger partial charge in [-0.2, -0.15) is 0 Å². The van der Waals surface area contributed by atoms with E-state index in [-0.39, 0.29) is 11.8 Å². The average Bonchev–Trinajstić information content (AvgIpc) is 2.13. The number of rotatable bonds is 3. The minimum absolute atomic E-state index is 0.0276. The summed E-state index contributed by atoms with van der Waals surface area (Å²) in [6, 6.07) is 4.78. The number of hydrogen-bond donors (Lipinski definition) is 1. The maximum absolute atomic E-state index is 10.7. The number of nitrogens with zero attached hydrogens (tertiary/aromatic N) is 1. The smallest absolute Gasteiger partial charge is 0.287 e. The van der Waals surface area contributed by atoms with E-state index in [0.29, 0.717) is 10.2 Å². The summed E-state index contributed by atoms with van der Waals surface area (Å²) in [5.74, 6) is 0.538. The van der Waals surface area contributed by atoms with Gasteiger partial charge in [0.05, 0.1) is 15.5 Å². The molecule has 80 valence electrons. The SMILES string of the molecule is O=[N+]([O-])c1cc(OC2CNC2)ccc1Br. The summed E-state index contributed by atoms with van der Waals surface area (Å²) in [4.78, 5) is 10.2. The summed E-state index contributed by atoms with van der Waals surface area (Å²) in [5, 5.41) is 13.7. The lowest BCUT2D eigenvalue weighted by atomic mass is 10.2. The van der Waals surface area contributed by atoms with E-state index in [2.05, 4.69) is 21.2 Å². The maximum atomic E-state index is 10.7. The molecule has 0 aliphatic carbocycles. The third-order valence-corrected chi connectivity index (χ3v) is 2.83. The van der Waals surface area contributed by atoms with Crippen LogP contribution < -0.4 is 10.1 Å². The highest BCUT2D eigenvalue weighted by Gasteiger charge is 2.20. The molecule has 1 aliphatic rings. The van der Waals surface area contributed by atoms with Crippen LogP contribution in [0.3, 0.4) is 0 Å². The summed E-state index contributed by atoms with van der Waals surface area (Å²) in [7, 11) is 0. The highest BCUT2D eigenvalue weighted by molar-refractivity contribution is 9.10. The molecule has 1 N–H and O–H groups in total. The van der Waals surface area contributed by atoms with Gasteiger partial charge in [-0.1, -0.05) is 0 Å². The number of benzene rings is 1. The first-order valence-electron chi connectivity index (χ1n) is 4.48.